The number of hydrogen-bond acceptors (Lipinski definition) is 1. The molecule has 0 aromatic carbocycles. The van der Waals surface area contributed by atoms with Crippen LogP contribution in [0.2, 0.25) is 0 Å². The Bertz CT molecular complexity index is 65.3. The fourth-order valence-corrected chi connectivity index (χ4v) is 0.192. The zero-order valence-corrected chi connectivity index (χ0v) is 6.04. The largest absolute Gasteiger partial charge is 0.582 e. The number of hydrogen-bond donors (Lipinski definition) is 0. The van der Waals surface area contributed by atoms with E-state index in [9.17, 15) is 0 Å². The zero-order valence-electron chi connectivity index (χ0n) is 3.20. The molecule has 6 heavy (non-hydrogen) atoms. The Hall–Kier alpha value is 0.314. The SMILES string of the molecule is [Y].c1cn[n-]c1. The van der Waals surface area contributed by atoms with Gasteiger partial charge in [0.25, 0.3) is 0 Å². The van der Waals surface area contributed by atoms with Crippen molar-refractivity contribution in [2.24, 2.45) is 0 Å². The maximum atomic E-state index is 3.47. The van der Waals surface area contributed by atoms with Gasteiger partial charge in [-0.15, -0.1) is 0 Å². The van der Waals surface area contributed by atoms with Crippen LogP contribution in [0, 0.1) is 0 Å². The molecule has 0 unspecified atom stereocenters. The van der Waals surface area contributed by atoms with Crippen LogP contribution in [-0.2, 0) is 32.7 Å². The Morgan fingerprint density at radius 2 is 2.33 bits per heavy atom. The van der Waals surface area contributed by atoms with E-state index in [0.717, 1.165) is 0 Å². The van der Waals surface area contributed by atoms with Gasteiger partial charge in [-0.1, -0.05) is 6.07 Å². The van der Waals surface area contributed by atoms with E-state index in [4.69, 9.17) is 0 Å². The van der Waals surface area contributed by atoms with Gasteiger partial charge in [0.15, 0.2) is 0 Å². The standard InChI is InChI=1S/C3H3N2.Y/c1-2-4-5-3-1;/h1-3H;/q-1;. The molecule has 0 saturated carbocycles. The van der Waals surface area contributed by atoms with Crippen molar-refractivity contribution in [2.45, 2.75) is 0 Å². The third kappa shape index (κ3) is 1.68. The monoisotopic (exact) mass is 156 g/mol. The third-order valence-corrected chi connectivity index (χ3v) is 0.372. The zero-order chi connectivity index (χ0) is 3.54. The summed E-state index contributed by atoms with van der Waals surface area (Å²) in [6, 6.07) is 1.78. The van der Waals surface area contributed by atoms with Gasteiger partial charge in [-0.2, -0.15) is 6.20 Å². The van der Waals surface area contributed by atoms with Crippen molar-refractivity contribution in [3.05, 3.63) is 18.5 Å². The van der Waals surface area contributed by atoms with Crippen molar-refractivity contribution in [1.82, 2.24) is 10.2 Å². The van der Waals surface area contributed by atoms with Gasteiger partial charge in [0, 0.05) is 38.9 Å². The van der Waals surface area contributed by atoms with Crippen molar-refractivity contribution in [2.75, 3.05) is 0 Å². The first-order valence-electron chi connectivity index (χ1n) is 1.38. The number of rotatable bonds is 0. The first-order chi connectivity index (χ1) is 2.50. The average Bonchev–Trinajstić information content (AvgIpc) is 1.76. The van der Waals surface area contributed by atoms with Crippen molar-refractivity contribution >= 4 is 0 Å². The molecule has 29 valence electrons. The maximum Gasteiger partial charge on any atom is 0.00194 e. The molecule has 0 amide bonds. The van der Waals surface area contributed by atoms with Crippen LogP contribution in [0.15, 0.2) is 18.5 Å². The van der Waals surface area contributed by atoms with Gasteiger partial charge in [-0.25, -0.2) is 0 Å². The molecule has 0 fully saturated rings. The van der Waals surface area contributed by atoms with Crippen LogP contribution in [0.25, 0.3) is 0 Å². The smallest absolute Gasteiger partial charge is 0.00194 e. The number of aromatic nitrogens is 2. The minimum Gasteiger partial charge on any atom is -0.582 e. The molecule has 1 aromatic heterocycles. The summed E-state index contributed by atoms with van der Waals surface area (Å²) in [5.74, 6) is 0. The topological polar surface area (TPSA) is 27.0 Å². The van der Waals surface area contributed by atoms with Gasteiger partial charge in [-0.3, -0.25) is 0 Å². The Morgan fingerprint density at radius 1 is 1.50 bits per heavy atom. The van der Waals surface area contributed by atoms with Gasteiger partial charge in [0.2, 0.25) is 0 Å². The molecule has 0 bridgehead atoms. The summed E-state index contributed by atoms with van der Waals surface area (Å²) in [4.78, 5) is 0. The molecule has 1 aromatic rings. The van der Waals surface area contributed by atoms with Crippen molar-refractivity contribution in [3.63, 3.8) is 0 Å². The fraction of sp³-hybridized carbons (Fsp3) is 0. The van der Waals surface area contributed by atoms with Gasteiger partial charge in [0.05, 0.1) is 0 Å². The third-order valence-electron chi connectivity index (χ3n) is 0.372. The molecular weight excluding hydrogens is 153 g/mol. The van der Waals surface area contributed by atoms with Gasteiger partial charge >= 0.3 is 0 Å². The van der Waals surface area contributed by atoms with Crippen LogP contribution < -0.4 is 5.10 Å². The maximum absolute atomic E-state index is 3.47. The summed E-state index contributed by atoms with van der Waals surface area (Å²) in [6.45, 7) is 0. The Labute approximate surface area is 61.2 Å². The molecule has 0 atom stereocenters. The molecule has 1 heterocycles. The van der Waals surface area contributed by atoms with Gasteiger partial charge < -0.3 is 10.2 Å². The van der Waals surface area contributed by atoms with Crippen LogP contribution in [-0.4, -0.2) is 5.10 Å². The van der Waals surface area contributed by atoms with E-state index in [1.54, 1.807) is 18.5 Å². The van der Waals surface area contributed by atoms with Crippen molar-refractivity contribution in [1.29, 1.82) is 0 Å². The molecule has 0 aliphatic heterocycles. The van der Waals surface area contributed by atoms with Crippen LogP contribution in [0.5, 0.6) is 0 Å². The average molecular weight is 156 g/mol. The van der Waals surface area contributed by atoms with E-state index in [1.165, 1.54) is 0 Å². The predicted octanol–water partition coefficient (Wildman–Crippen LogP) is 0.0363. The quantitative estimate of drug-likeness (QED) is 0.530. The van der Waals surface area contributed by atoms with Crippen LogP contribution in [0.4, 0.5) is 0 Å². The fourth-order valence-electron chi connectivity index (χ4n) is 0.192. The molecule has 2 nitrogen and oxygen atoms in total. The first kappa shape index (κ1) is 6.31. The van der Waals surface area contributed by atoms with Crippen molar-refractivity contribution < 1.29 is 32.7 Å². The summed E-state index contributed by atoms with van der Waals surface area (Å²) in [5.41, 5.74) is 0. The van der Waals surface area contributed by atoms with Crippen LogP contribution in [0.3, 0.4) is 0 Å². The summed E-state index contributed by atoms with van der Waals surface area (Å²) in [7, 11) is 0. The minimum absolute atomic E-state index is 0. The second-order valence-corrected chi connectivity index (χ2v) is 0.722. The molecule has 0 aliphatic rings. The minimum atomic E-state index is 0. The van der Waals surface area contributed by atoms with E-state index in [0.29, 0.717) is 0 Å². The normalized spacial score (nSPS) is 6.67. The van der Waals surface area contributed by atoms with E-state index < -0.39 is 0 Å². The summed E-state index contributed by atoms with van der Waals surface area (Å²) >= 11 is 0. The molecule has 0 N–H and O–H groups in total. The van der Waals surface area contributed by atoms with Crippen LogP contribution >= 0.6 is 0 Å². The Morgan fingerprint density at radius 3 is 2.50 bits per heavy atom. The van der Waals surface area contributed by atoms with Crippen molar-refractivity contribution in [3.8, 4) is 0 Å². The van der Waals surface area contributed by atoms with Gasteiger partial charge in [0.1, 0.15) is 0 Å². The van der Waals surface area contributed by atoms with Gasteiger partial charge in [-0.05, 0) is 0 Å². The first-order valence-corrected chi connectivity index (χ1v) is 1.38. The summed E-state index contributed by atoms with van der Waals surface area (Å²) < 4.78 is 0. The molecular formula is C3H3N2Y-. The number of nitrogens with zero attached hydrogens (tertiary/aromatic N) is 2. The summed E-state index contributed by atoms with van der Waals surface area (Å²) in [5, 5.41) is 6.94. The Kier molecular flexibility index (Phi) is 3.69. The molecule has 0 spiro atoms. The predicted molar refractivity (Wildman–Crippen MR) is 17.6 cm³/mol. The van der Waals surface area contributed by atoms with E-state index in [-0.39, 0.29) is 32.7 Å². The molecule has 0 aliphatic carbocycles. The van der Waals surface area contributed by atoms with E-state index in [1.807, 2.05) is 0 Å². The Balaban J connectivity index is 0.000000250. The summed E-state index contributed by atoms with van der Waals surface area (Å²) in [6.07, 6.45) is 3.28. The second-order valence-electron chi connectivity index (χ2n) is 0.722. The molecule has 1 radical (unpaired) electrons. The molecule has 1 rings (SSSR count). The van der Waals surface area contributed by atoms with E-state index in [2.05, 4.69) is 10.2 Å². The van der Waals surface area contributed by atoms with Crippen LogP contribution in [0.1, 0.15) is 0 Å². The van der Waals surface area contributed by atoms with E-state index >= 15 is 0 Å². The molecule has 3 heteroatoms. The second kappa shape index (κ2) is 3.50. The molecule has 0 saturated heterocycles.